The largest absolute Gasteiger partial charge is 0.337 e. The molecule has 0 aromatic carbocycles. The third-order valence-electron chi connectivity index (χ3n) is 2.43. The number of hydrazine groups is 1. The number of carbonyl (C=O) groups is 1. The van der Waals surface area contributed by atoms with Crippen molar-refractivity contribution in [3.05, 3.63) is 0 Å². The van der Waals surface area contributed by atoms with Crippen LogP contribution in [0, 0.1) is 0 Å². The molecule has 0 aromatic rings. The Labute approximate surface area is 86.0 Å². The quantitative estimate of drug-likeness (QED) is 0.674. The minimum absolute atomic E-state index is 0.0552. The first kappa shape index (κ1) is 11.3. The van der Waals surface area contributed by atoms with Crippen LogP contribution in [0.5, 0.6) is 0 Å². The summed E-state index contributed by atoms with van der Waals surface area (Å²) in [5.41, 5.74) is 2.86. The zero-order valence-electron chi connectivity index (χ0n) is 9.01. The Morgan fingerprint density at radius 3 is 2.64 bits per heavy atom. The lowest BCUT2D eigenvalue weighted by Crippen LogP contribution is -2.49. The molecule has 0 atom stereocenters. The topological polar surface area (TPSA) is 44.4 Å². The molecule has 1 aliphatic rings. The van der Waals surface area contributed by atoms with Gasteiger partial charge in [-0.3, -0.25) is 5.43 Å². The zero-order valence-corrected chi connectivity index (χ0v) is 9.01. The lowest BCUT2D eigenvalue weighted by atomic mass is 10.2. The predicted octanol–water partition coefficient (Wildman–Crippen LogP) is 1.49. The Bertz CT molecular complexity index is 167. The van der Waals surface area contributed by atoms with Crippen molar-refractivity contribution in [2.24, 2.45) is 0 Å². The van der Waals surface area contributed by atoms with Gasteiger partial charge in [-0.15, -0.1) is 0 Å². The molecule has 2 amide bonds. The van der Waals surface area contributed by atoms with Crippen molar-refractivity contribution >= 4 is 6.03 Å². The van der Waals surface area contributed by atoms with Gasteiger partial charge in [0.2, 0.25) is 0 Å². The maximum atomic E-state index is 11.3. The first-order chi connectivity index (χ1) is 6.83. The molecule has 82 valence electrons. The molecule has 1 aliphatic heterocycles. The van der Waals surface area contributed by atoms with E-state index in [2.05, 4.69) is 17.7 Å². The summed E-state index contributed by atoms with van der Waals surface area (Å²) in [6, 6.07) is -0.0552. The fourth-order valence-electron chi connectivity index (χ4n) is 1.57. The highest BCUT2D eigenvalue weighted by atomic mass is 16.2. The van der Waals surface area contributed by atoms with Crippen LogP contribution in [0.2, 0.25) is 0 Å². The molecule has 0 bridgehead atoms. The first-order valence-electron chi connectivity index (χ1n) is 5.62. The van der Waals surface area contributed by atoms with Gasteiger partial charge in [-0.05, 0) is 19.3 Å². The number of hydrogen-bond acceptors (Lipinski definition) is 2. The summed E-state index contributed by atoms with van der Waals surface area (Å²) >= 11 is 0. The van der Waals surface area contributed by atoms with E-state index >= 15 is 0 Å². The fourth-order valence-corrected chi connectivity index (χ4v) is 1.57. The van der Waals surface area contributed by atoms with E-state index in [-0.39, 0.29) is 6.03 Å². The molecule has 0 radical (unpaired) electrons. The standard InChI is InChI=1S/C10H21N3O/c1-2-3-7-11-10(14)12-13-8-5-4-6-9-13/h2-9H2,1H3,(H2,11,12,14). The lowest BCUT2D eigenvalue weighted by Gasteiger charge is -2.26. The van der Waals surface area contributed by atoms with E-state index in [1.165, 1.54) is 19.3 Å². The van der Waals surface area contributed by atoms with Gasteiger partial charge in [0.25, 0.3) is 0 Å². The minimum Gasteiger partial charge on any atom is -0.337 e. The summed E-state index contributed by atoms with van der Waals surface area (Å²) in [6.45, 7) is 4.86. The predicted molar refractivity (Wildman–Crippen MR) is 56.9 cm³/mol. The first-order valence-corrected chi connectivity index (χ1v) is 5.62. The summed E-state index contributed by atoms with van der Waals surface area (Å²) in [5, 5.41) is 4.84. The van der Waals surface area contributed by atoms with Gasteiger partial charge >= 0.3 is 6.03 Å². The SMILES string of the molecule is CCCCNC(=O)NN1CCCCC1. The number of unbranched alkanes of at least 4 members (excludes halogenated alkanes) is 1. The summed E-state index contributed by atoms with van der Waals surface area (Å²) in [5.74, 6) is 0. The zero-order chi connectivity index (χ0) is 10.2. The van der Waals surface area contributed by atoms with Gasteiger partial charge < -0.3 is 5.32 Å². The van der Waals surface area contributed by atoms with Gasteiger partial charge in [0.1, 0.15) is 0 Å². The van der Waals surface area contributed by atoms with Crippen LogP contribution in [0.3, 0.4) is 0 Å². The van der Waals surface area contributed by atoms with Crippen LogP contribution in [0.1, 0.15) is 39.0 Å². The van der Waals surface area contributed by atoms with E-state index in [0.717, 1.165) is 32.5 Å². The molecule has 4 heteroatoms. The molecular weight excluding hydrogens is 178 g/mol. The van der Waals surface area contributed by atoms with Crippen molar-refractivity contribution in [1.29, 1.82) is 0 Å². The highest BCUT2D eigenvalue weighted by Gasteiger charge is 2.11. The maximum absolute atomic E-state index is 11.3. The molecule has 0 aliphatic carbocycles. The van der Waals surface area contributed by atoms with Crippen LogP contribution in [0.4, 0.5) is 4.79 Å². The van der Waals surface area contributed by atoms with Crippen molar-refractivity contribution in [2.45, 2.75) is 39.0 Å². The highest BCUT2D eigenvalue weighted by Crippen LogP contribution is 2.05. The second kappa shape index (κ2) is 6.65. The van der Waals surface area contributed by atoms with E-state index in [0.29, 0.717) is 0 Å². The van der Waals surface area contributed by atoms with Gasteiger partial charge in [-0.25, -0.2) is 9.80 Å². The van der Waals surface area contributed by atoms with E-state index in [1.54, 1.807) is 0 Å². The molecule has 0 aromatic heterocycles. The number of amides is 2. The van der Waals surface area contributed by atoms with Crippen molar-refractivity contribution in [3.8, 4) is 0 Å². The van der Waals surface area contributed by atoms with E-state index in [1.807, 2.05) is 5.01 Å². The number of urea groups is 1. The van der Waals surface area contributed by atoms with Crippen molar-refractivity contribution in [2.75, 3.05) is 19.6 Å². The van der Waals surface area contributed by atoms with Crippen LogP contribution < -0.4 is 10.7 Å². The van der Waals surface area contributed by atoms with E-state index in [9.17, 15) is 4.79 Å². The third kappa shape index (κ3) is 4.46. The normalized spacial score (nSPS) is 17.8. The highest BCUT2D eigenvalue weighted by molar-refractivity contribution is 5.73. The molecule has 14 heavy (non-hydrogen) atoms. The summed E-state index contributed by atoms with van der Waals surface area (Å²) in [6.07, 6.45) is 5.83. The van der Waals surface area contributed by atoms with Gasteiger partial charge in [-0.2, -0.15) is 0 Å². The van der Waals surface area contributed by atoms with Gasteiger partial charge in [-0.1, -0.05) is 19.8 Å². The Balaban J connectivity index is 2.06. The van der Waals surface area contributed by atoms with Crippen LogP contribution in [0.25, 0.3) is 0 Å². The molecule has 1 fully saturated rings. The summed E-state index contributed by atoms with van der Waals surface area (Å²) < 4.78 is 0. The molecule has 2 N–H and O–H groups in total. The maximum Gasteiger partial charge on any atom is 0.329 e. The molecule has 0 saturated carbocycles. The molecule has 1 rings (SSSR count). The minimum atomic E-state index is -0.0552. The molecular formula is C10H21N3O. The van der Waals surface area contributed by atoms with Crippen molar-refractivity contribution in [1.82, 2.24) is 15.8 Å². The number of nitrogens with one attached hydrogen (secondary N) is 2. The van der Waals surface area contributed by atoms with Crippen LogP contribution in [-0.4, -0.2) is 30.7 Å². The van der Waals surface area contributed by atoms with Crippen molar-refractivity contribution < 1.29 is 4.79 Å². The summed E-state index contributed by atoms with van der Waals surface area (Å²) in [7, 11) is 0. The second-order valence-corrected chi connectivity index (χ2v) is 3.77. The number of rotatable bonds is 4. The lowest BCUT2D eigenvalue weighted by molar-refractivity contribution is 0.155. The van der Waals surface area contributed by atoms with Crippen LogP contribution >= 0.6 is 0 Å². The smallest absolute Gasteiger partial charge is 0.329 e. The van der Waals surface area contributed by atoms with Gasteiger partial charge in [0.15, 0.2) is 0 Å². The third-order valence-corrected chi connectivity index (χ3v) is 2.43. The van der Waals surface area contributed by atoms with E-state index in [4.69, 9.17) is 0 Å². The molecule has 1 saturated heterocycles. The summed E-state index contributed by atoms with van der Waals surface area (Å²) in [4.78, 5) is 11.3. The Morgan fingerprint density at radius 1 is 1.29 bits per heavy atom. The van der Waals surface area contributed by atoms with Gasteiger partial charge in [0.05, 0.1) is 0 Å². The molecule has 0 unspecified atom stereocenters. The molecule has 4 nitrogen and oxygen atoms in total. The Hall–Kier alpha value is -0.770. The average molecular weight is 199 g/mol. The number of carbonyl (C=O) groups excluding carboxylic acids is 1. The second-order valence-electron chi connectivity index (χ2n) is 3.77. The fraction of sp³-hybridized carbons (Fsp3) is 0.900. The van der Waals surface area contributed by atoms with Gasteiger partial charge in [0, 0.05) is 19.6 Å². The number of hydrogen-bond donors (Lipinski definition) is 2. The molecule has 1 heterocycles. The van der Waals surface area contributed by atoms with Crippen LogP contribution in [-0.2, 0) is 0 Å². The monoisotopic (exact) mass is 199 g/mol. The van der Waals surface area contributed by atoms with Crippen molar-refractivity contribution in [3.63, 3.8) is 0 Å². The van der Waals surface area contributed by atoms with Crippen LogP contribution in [0.15, 0.2) is 0 Å². The number of nitrogens with zero attached hydrogens (tertiary/aromatic N) is 1. The number of piperidine rings is 1. The average Bonchev–Trinajstić information content (AvgIpc) is 2.20. The van der Waals surface area contributed by atoms with E-state index < -0.39 is 0 Å². The molecule has 0 spiro atoms. The Morgan fingerprint density at radius 2 is 2.00 bits per heavy atom. The Kier molecular flexibility index (Phi) is 5.37.